The van der Waals surface area contributed by atoms with E-state index in [2.05, 4.69) is 57.6 Å². The number of aliphatic hydroxyl groups excluding tert-OH is 6. The summed E-state index contributed by atoms with van der Waals surface area (Å²) >= 11 is 4.93. The summed E-state index contributed by atoms with van der Waals surface area (Å²) in [6, 6.07) is 0. The van der Waals surface area contributed by atoms with Gasteiger partial charge in [0, 0.05) is 0 Å². The molecule has 6 heterocycles. The molecule has 4 aromatic heterocycles. The highest BCUT2D eigenvalue weighted by atomic mass is 35.5. The molecule has 0 saturated carbocycles. The molecule has 2 fully saturated rings. The van der Waals surface area contributed by atoms with Gasteiger partial charge in [-0.1, -0.05) is 11.6 Å². The summed E-state index contributed by atoms with van der Waals surface area (Å²) in [5.74, 6) is -2.11. The van der Waals surface area contributed by atoms with E-state index < -0.39 is 99.3 Å². The molecule has 0 radical (unpaired) electrons. The van der Waals surface area contributed by atoms with Crippen LogP contribution in [0.15, 0.2) is 25.3 Å². The van der Waals surface area contributed by atoms with E-state index in [9.17, 15) is 38.7 Å². The number of halogens is 1. The van der Waals surface area contributed by atoms with Gasteiger partial charge in [-0.05, 0) is 0 Å². The van der Waals surface area contributed by atoms with Crippen molar-refractivity contribution in [3.8, 4) is 0 Å². The van der Waals surface area contributed by atoms with E-state index in [0.29, 0.717) is 22.3 Å². The van der Waals surface area contributed by atoms with E-state index in [1.165, 1.54) is 34.4 Å². The number of alkyl halides is 1. The van der Waals surface area contributed by atoms with Crippen LogP contribution in [0.3, 0.4) is 0 Å². The molecule has 4 aromatic rings. The second kappa shape index (κ2) is 20.1. The third-order valence-electron chi connectivity index (χ3n) is 7.24. The molecule has 39 heteroatoms. The van der Waals surface area contributed by atoms with Crippen LogP contribution in [0.4, 0.5) is 11.6 Å². The third kappa shape index (κ3) is 13.1. The lowest BCUT2D eigenvalue weighted by atomic mass is 10.1. The van der Waals surface area contributed by atoms with Gasteiger partial charge in [-0.25, -0.2) is 57.2 Å². The molecule has 2 aliphatic heterocycles. The number of nitrogens with zero attached hydrogens (tertiary/aromatic N) is 8. The summed E-state index contributed by atoms with van der Waals surface area (Å²) < 4.78 is 76.2. The summed E-state index contributed by atoms with van der Waals surface area (Å²) in [6.07, 6.45) is -2.85. The Kier molecular flexibility index (Phi) is 16.7. The number of aliphatic hydroxyl groups is 6. The standard InChI is InChI=1S/2C10H13N5O4.CH7ClO16P4/c2*11-8-5-9(13-2-12-8)15(3-14-5)10-7(18)6(17)4(1-16)19-10;2-1(13-19(3,4)5)14-21(9,10)17-18-22(11,12)16-15-20(6,7)8/h2*2-4,6-7,10,16-18H,1H2,(H2,11,12,13);1H,(H,9,10)(H,11,12)(H2,3,4,5)(H2,6,7,8)/t2*4-,6-,7-,10-;/m11./s1. The van der Waals surface area contributed by atoms with Crippen LogP contribution in [0.2, 0.25) is 0 Å². The molecule has 2 saturated heterocycles. The van der Waals surface area contributed by atoms with Crippen LogP contribution in [-0.2, 0) is 55.5 Å². The summed E-state index contributed by atoms with van der Waals surface area (Å²) in [5.41, 5.74) is 12.9. The van der Waals surface area contributed by atoms with Crippen molar-refractivity contribution in [2.45, 2.75) is 54.8 Å². The largest absolute Gasteiger partial charge is 0.527 e. The number of ether oxygens (including phenoxy) is 2. The fourth-order valence-corrected chi connectivity index (χ4v) is 7.38. The van der Waals surface area contributed by atoms with Gasteiger partial charge in [0.25, 0.3) is 5.75 Å². The van der Waals surface area contributed by atoms with Gasteiger partial charge in [-0.3, -0.25) is 14.0 Å². The minimum absolute atomic E-state index is 0.218. The molecule has 6 rings (SSSR count). The van der Waals surface area contributed by atoms with Crippen LogP contribution in [0.5, 0.6) is 0 Å². The molecule has 3 unspecified atom stereocenters. The van der Waals surface area contributed by atoms with Gasteiger partial charge in [0.15, 0.2) is 35.4 Å². The fraction of sp³-hybridized carbons (Fsp3) is 0.524. The normalized spacial score (nSPS) is 27.1. The van der Waals surface area contributed by atoms with E-state index in [4.69, 9.17) is 72.1 Å². The van der Waals surface area contributed by atoms with E-state index in [1.807, 2.05) is 0 Å². The van der Waals surface area contributed by atoms with Gasteiger partial charge in [-0.15, -0.1) is 18.7 Å². The highest BCUT2D eigenvalue weighted by Gasteiger charge is 2.45. The van der Waals surface area contributed by atoms with Crippen molar-refractivity contribution >= 4 is 76.9 Å². The average Bonchev–Trinajstić information content (AvgIpc) is 3.91. The SMILES string of the molecule is Nc1ncnc2c1ncn2[C@@H]1O[C@H](CO)[C@@H](O)[C@H]1O.Nc1ncnc2c1ncn2[C@@H]1O[C@H](CO)[C@@H](O)[C@H]1O.O=P(O)(O)OOP(=O)(O)OOP(=O)(O)OC(Cl)OP(=O)(O)O. The molecule has 16 N–H and O–H groups in total. The van der Waals surface area contributed by atoms with Gasteiger partial charge in [0.1, 0.15) is 60.3 Å². The molecule has 0 aromatic carbocycles. The first-order valence-corrected chi connectivity index (χ1v) is 21.9. The maximum atomic E-state index is 11.0. The van der Waals surface area contributed by atoms with Crippen LogP contribution in [0, 0.1) is 0 Å². The average molecular weight is 969 g/mol. The molecule has 34 nitrogen and oxygen atoms in total. The first-order chi connectivity index (χ1) is 27.8. The van der Waals surface area contributed by atoms with Crippen molar-refractivity contribution in [3.63, 3.8) is 0 Å². The fourth-order valence-electron chi connectivity index (χ4n) is 4.76. The number of rotatable bonds is 14. The molecular formula is C21H33ClN10O24P4. The molecule has 0 aliphatic carbocycles. The molecule has 0 amide bonds. The Bertz CT molecular complexity index is 2160. The maximum absolute atomic E-state index is 11.0. The van der Waals surface area contributed by atoms with Crippen molar-refractivity contribution in [1.29, 1.82) is 0 Å². The predicted octanol–water partition coefficient (Wildman–Crippen LogP) is -4.14. The van der Waals surface area contributed by atoms with Gasteiger partial charge in [-0.2, -0.15) is 0 Å². The number of nitrogens with two attached hydrogens (primary N) is 2. The molecule has 60 heavy (non-hydrogen) atoms. The highest BCUT2D eigenvalue weighted by Crippen LogP contribution is 2.56. The molecule has 0 spiro atoms. The summed E-state index contributed by atoms with van der Waals surface area (Å²) in [6.45, 7) is -0.781. The second-order valence-corrected chi connectivity index (χ2v) is 16.5. The summed E-state index contributed by atoms with van der Waals surface area (Å²) in [5, 5.41) is 57.5. The summed E-state index contributed by atoms with van der Waals surface area (Å²) in [7, 11) is -21.6. The number of hydrogen-bond donors (Lipinski definition) is 14. The zero-order valence-corrected chi connectivity index (χ0v) is 33.4. The van der Waals surface area contributed by atoms with Gasteiger partial charge < -0.3 is 76.0 Å². The minimum atomic E-state index is -5.56. The van der Waals surface area contributed by atoms with E-state index in [1.54, 1.807) is 0 Å². The number of hydrogen-bond acceptors (Lipinski definition) is 26. The number of imidazole rings is 2. The first kappa shape index (κ1) is 49.8. The summed E-state index contributed by atoms with van der Waals surface area (Å²) in [4.78, 5) is 74.2. The molecule has 2 aliphatic rings. The van der Waals surface area contributed by atoms with E-state index in [-0.39, 0.29) is 11.6 Å². The third-order valence-corrected chi connectivity index (χ3v) is 9.88. The van der Waals surface area contributed by atoms with Gasteiger partial charge in [0.05, 0.1) is 25.9 Å². The number of aromatic nitrogens is 8. The number of anilines is 2. The zero-order valence-electron chi connectivity index (χ0n) is 29.1. The van der Waals surface area contributed by atoms with E-state index >= 15 is 0 Å². The Morgan fingerprint density at radius 1 is 0.617 bits per heavy atom. The maximum Gasteiger partial charge on any atom is 0.527 e. The Hall–Kier alpha value is -2.89. The van der Waals surface area contributed by atoms with Crippen molar-refractivity contribution in [2.75, 3.05) is 24.7 Å². The van der Waals surface area contributed by atoms with Gasteiger partial charge >= 0.3 is 31.3 Å². The topological polar surface area (TPSA) is 524 Å². The monoisotopic (exact) mass is 968 g/mol. The molecule has 0 bridgehead atoms. The number of nitrogen functional groups attached to an aromatic ring is 2. The van der Waals surface area contributed by atoms with Crippen LogP contribution in [0.1, 0.15) is 12.5 Å². The Labute approximate surface area is 336 Å². The van der Waals surface area contributed by atoms with Crippen molar-refractivity contribution in [2.24, 2.45) is 0 Å². The van der Waals surface area contributed by atoms with Crippen LogP contribution >= 0.6 is 42.9 Å². The molecular weight excluding hydrogens is 936 g/mol. The quantitative estimate of drug-likeness (QED) is 0.0188. The highest BCUT2D eigenvalue weighted by molar-refractivity contribution is 7.50. The molecule has 338 valence electrons. The smallest absolute Gasteiger partial charge is 0.394 e. The lowest BCUT2D eigenvalue weighted by Gasteiger charge is -2.16. The Morgan fingerprint density at radius 2 is 1.02 bits per heavy atom. The Balaban J connectivity index is 0.000000199. The zero-order chi connectivity index (χ0) is 45.0. The van der Waals surface area contributed by atoms with Crippen molar-refractivity contribution in [3.05, 3.63) is 25.3 Å². The van der Waals surface area contributed by atoms with Gasteiger partial charge in [0.2, 0.25) is 0 Å². The first-order valence-electron chi connectivity index (χ1n) is 15.4. The lowest BCUT2D eigenvalue weighted by Crippen LogP contribution is -2.33. The second-order valence-electron chi connectivity index (χ2n) is 11.3. The predicted molar refractivity (Wildman–Crippen MR) is 185 cm³/mol. The van der Waals surface area contributed by atoms with Crippen LogP contribution in [0.25, 0.3) is 22.3 Å². The Morgan fingerprint density at radius 3 is 1.38 bits per heavy atom. The van der Waals surface area contributed by atoms with Crippen molar-refractivity contribution in [1.82, 2.24) is 39.0 Å². The minimum Gasteiger partial charge on any atom is -0.394 e. The van der Waals surface area contributed by atoms with Crippen LogP contribution in [-0.4, -0.2) is 155 Å². The number of phosphoric acid groups is 4. The van der Waals surface area contributed by atoms with E-state index in [0.717, 1.165) is 0 Å². The van der Waals surface area contributed by atoms with Crippen LogP contribution < -0.4 is 11.5 Å². The number of fused-ring (bicyclic) bond motifs is 2. The lowest BCUT2D eigenvalue weighted by molar-refractivity contribution is -0.208. The molecule has 11 atom stereocenters. The number of phosphoric ester groups is 2. The van der Waals surface area contributed by atoms with Crippen molar-refractivity contribution < 1.29 is 115 Å².